The van der Waals surface area contributed by atoms with Gasteiger partial charge in [0.15, 0.2) is 23.2 Å². The van der Waals surface area contributed by atoms with Crippen molar-refractivity contribution in [2.75, 3.05) is 0 Å². The summed E-state index contributed by atoms with van der Waals surface area (Å²) in [6, 6.07) is 17.2. The molecular weight excluding hydrogens is 282 g/mol. The first-order valence-electron chi connectivity index (χ1n) is 6.78. The number of aliphatic hydroxyl groups is 2. The molecule has 0 saturated carbocycles. The standard InChI is InChI=1S/C17H15NO4/c18-13-14(19)17(21,12-9-5-2-6-10-12)15(22-16(13)20)11-7-3-1-4-8-11/h1-10,15,19,21H,18H2. The highest BCUT2D eigenvalue weighted by atomic mass is 16.6. The van der Waals surface area contributed by atoms with Gasteiger partial charge >= 0.3 is 5.97 Å². The molecule has 0 spiro atoms. The molecule has 0 radical (unpaired) electrons. The lowest BCUT2D eigenvalue weighted by Crippen LogP contribution is -2.45. The molecular formula is C17H15NO4. The van der Waals surface area contributed by atoms with Crippen molar-refractivity contribution in [3.8, 4) is 0 Å². The van der Waals surface area contributed by atoms with Crippen LogP contribution in [0.4, 0.5) is 0 Å². The highest BCUT2D eigenvalue weighted by Gasteiger charge is 2.51. The van der Waals surface area contributed by atoms with Crippen molar-refractivity contribution >= 4 is 5.97 Å². The lowest BCUT2D eigenvalue weighted by atomic mass is 9.80. The van der Waals surface area contributed by atoms with E-state index in [-0.39, 0.29) is 0 Å². The van der Waals surface area contributed by atoms with E-state index in [2.05, 4.69) is 0 Å². The van der Waals surface area contributed by atoms with Crippen molar-refractivity contribution in [3.63, 3.8) is 0 Å². The van der Waals surface area contributed by atoms with E-state index >= 15 is 0 Å². The number of aliphatic hydroxyl groups excluding tert-OH is 1. The van der Waals surface area contributed by atoms with Crippen LogP contribution in [0.25, 0.3) is 0 Å². The Labute approximate surface area is 127 Å². The zero-order chi connectivity index (χ0) is 15.7. The van der Waals surface area contributed by atoms with Crippen LogP contribution in [-0.4, -0.2) is 16.2 Å². The highest BCUT2D eigenvalue weighted by Crippen LogP contribution is 2.45. The summed E-state index contributed by atoms with van der Waals surface area (Å²) in [6.07, 6.45) is -1.09. The highest BCUT2D eigenvalue weighted by molar-refractivity contribution is 5.89. The van der Waals surface area contributed by atoms with E-state index < -0.39 is 29.1 Å². The molecule has 0 bridgehead atoms. The Hall–Kier alpha value is -2.79. The minimum absolute atomic E-state index is 0.386. The van der Waals surface area contributed by atoms with Gasteiger partial charge in [0.2, 0.25) is 0 Å². The van der Waals surface area contributed by atoms with Gasteiger partial charge in [-0.25, -0.2) is 4.79 Å². The zero-order valence-corrected chi connectivity index (χ0v) is 11.6. The van der Waals surface area contributed by atoms with Crippen molar-refractivity contribution in [1.82, 2.24) is 0 Å². The number of nitrogens with two attached hydrogens (primary N) is 1. The van der Waals surface area contributed by atoms with Gasteiger partial charge in [-0.05, 0) is 11.1 Å². The number of esters is 1. The van der Waals surface area contributed by atoms with E-state index in [0.29, 0.717) is 11.1 Å². The molecule has 2 aromatic carbocycles. The minimum Gasteiger partial charge on any atom is -0.506 e. The lowest BCUT2D eigenvalue weighted by Gasteiger charge is -2.39. The Morgan fingerprint density at radius 2 is 1.55 bits per heavy atom. The molecule has 1 aliphatic heterocycles. The molecule has 0 amide bonds. The number of hydrogen-bond acceptors (Lipinski definition) is 5. The Balaban J connectivity index is 2.22. The van der Waals surface area contributed by atoms with Crippen molar-refractivity contribution < 1.29 is 19.7 Å². The van der Waals surface area contributed by atoms with Crippen LogP contribution in [0.5, 0.6) is 0 Å². The maximum Gasteiger partial charge on any atom is 0.358 e. The molecule has 3 rings (SSSR count). The molecule has 0 saturated heterocycles. The van der Waals surface area contributed by atoms with Gasteiger partial charge in [0, 0.05) is 0 Å². The second kappa shape index (κ2) is 5.20. The quantitative estimate of drug-likeness (QED) is 0.736. The van der Waals surface area contributed by atoms with Crippen molar-refractivity contribution in [1.29, 1.82) is 0 Å². The van der Waals surface area contributed by atoms with E-state index in [1.54, 1.807) is 60.7 Å². The normalized spacial score (nSPS) is 25.0. The van der Waals surface area contributed by atoms with Gasteiger partial charge in [-0.3, -0.25) is 0 Å². The summed E-state index contributed by atoms with van der Waals surface area (Å²) in [5.41, 5.74) is 4.10. The number of benzene rings is 2. The van der Waals surface area contributed by atoms with E-state index in [1.165, 1.54) is 0 Å². The van der Waals surface area contributed by atoms with Gasteiger partial charge < -0.3 is 20.7 Å². The van der Waals surface area contributed by atoms with Crippen molar-refractivity contribution in [2.45, 2.75) is 11.7 Å². The number of ether oxygens (including phenoxy) is 1. The Bertz CT molecular complexity index is 727. The molecule has 0 aliphatic carbocycles. The SMILES string of the molecule is NC1=C(O)C(O)(c2ccccc2)C(c2ccccc2)OC1=O. The van der Waals surface area contributed by atoms with Crippen molar-refractivity contribution in [2.24, 2.45) is 5.73 Å². The summed E-state index contributed by atoms with van der Waals surface area (Å²) in [5.74, 6) is -1.45. The van der Waals surface area contributed by atoms with Crippen LogP contribution in [0.1, 0.15) is 17.2 Å². The second-order valence-electron chi connectivity index (χ2n) is 5.09. The maximum absolute atomic E-state index is 11.8. The van der Waals surface area contributed by atoms with Gasteiger partial charge in [0.1, 0.15) is 0 Å². The van der Waals surface area contributed by atoms with Gasteiger partial charge in [0.25, 0.3) is 0 Å². The number of carbonyl (C=O) groups excluding carboxylic acids is 1. The fraction of sp³-hybridized carbons (Fsp3) is 0.118. The molecule has 4 N–H and O–H groups in total. The second-order valence-corrected chi connectivity index (χ2v) is 5.09. The third kappa shape index (κ3) is 2.03. The zero-order valence-electron chi connectivity index (χ0n) is 11.6. The molecule has 1 heterocycles. The summed E-state index contributed by atoms with van der Waals surface area (Å²) < 4.78 is 5.29. The molecule has 0 aromatic heterocycles. The monoisotopic (exact) mass is 297 g/mol. The van der Waals surface area contributed by atoms with E-state index in [1.807, 2.05) is 0 Å². The average Bonchev–Trinajstić information content (AvgIpc) is 2.58. The predicted octanol–water partition coefficient (Wildman–Crippen LogP) is 1.90. The molecule has 22 heavy (non-hydrogen) atoms. The van der Waals surface area contributed by atoms with E-state index in [0.717, 1.165) is 0 Å². The van der Waals surface area contributed by atoms with Crippen LogP contribution in [-0.2, 0) is 15.1 Å². The summed E-state index contributed by atoms with van der Waals surface area (Å²) >= 11 is 0. The molecule has 2 aromatic rings. The Morgan fingerprint density at radius 3 is 2.14 bits per heavy atom. The van der Waals surface area contributed by atoms with Crippen molar-refractivity contribution in [3.05, 3.63) is 83.2 Å². The van der Waals surface area contributed by atoms with Gasteiger partial charge in [0.05, 0.1) is 0 Å². The molecule has 2 unspecified atom stereocenters. The largest absolute Gasteiger partial charge is 0.506 e. The summed E-state index contributed by atoms with van der Waals surface area (Å²) in [7, 11) is 0. The van der Waals surface area contributed by atoms with Crippen LogP contribution in [0.15, 0.2) is 72.1 Å². The summed E-state index contributed by atoms with van der Waals surface area (Å²) in [6.45, 7) is 0. The van der Waals surface area contributed by atoms with Crippen LogP contribution >= 0.6 is 0 Å². The Morgan fingerprint density at radius 1 is 1.00 bits per heavy atom. The van der Waals surface area contributed by atoms with Gasteiger partial charge in [-0.15, -0.1) is 0 Å². The molecule has 5 heteroatoms. The molecule has 2 atom stereocenters. The third-order valence-electron chi connectivity index (χ3n) is 3.76. The smallest absolute Gasteiger partial charge is 0.358 e. The molecule has 112 valence electrons. The van der Waals surface area contributed by atoms with Crippen LogP contribution in [0.2, 0.25) is 0 Å². The number of hydrogen-bond donors (Lipinski definition) is 3. The first-order valence-corrected chi connectivity index (χ1v) is 6.78. The first kappa shape index (κ1) is 14.2. The molecule has 0 fully saturated rings. The van der Waals surface area contributed by atoms with Crippen LogP contribution < -0.4 is 5.73 Å². The summed E-state index contributed by atoms with van der Waals surface area (Å²) in [5, 5.41) is 21.5. The van der Waals surface area contributed by atoms with Crippen LogP contribution in [0.3, 0.4) is 0 Å². The van der Waals surface area contributed by atoms with Gasteiger partial charge in [-0.2, -0.15) is 0 Å². The number of cyclic esters (lactones) is 1. The van der Waals surface area contributed by atoms with E-state index in [9.17, 15) is 15.0 Å². The lowest BCUT2D eigenvalue weighted by molar-refractivity contribution is -0.170. The average molecular weight is 297 g/mol. The van der Waals surface area contributed by atoms with Crippen LogP contribution in [0, 0.1) is 0 Å². The number of rotatable bonds is 2. The minimum atomic E-state index is -1.93. The fourth-order valence-electron chi connectivity index (χ4n) is 2.60. The maximum atomic E-state index is 11.8. The Kier molecular flexibility index (Phi) is 3.35. The van der Waals surface area contributed by atoms with E-state index in [4.69, 9.17) is 10.5 Å². The third-order valence-corrected chi connectivity index (χ3v) is 3.76. The molecule has 1 aliphatic rings. The fourth-order valence-corrected chi connectivity index (χ4v) is 2.60. The predicted molar refractivity (Wildman–Crippen MR) is 79.5 cm³/mol. The topological polar surface area (TPSA) is 92.8 Å². The first-order chi connectivity index (χ1) is 10.5. The molecule has 5 nitrogen and oxygen atoms in total. The van der Waals surface area contributed by atoms with Gasteiger partial charge in [-0.1, -0.05) is 60.7 Å². The summed E-state index contributed by atoms with van der Waals surface area (Å²) in [4.78, 5) is 11.8. The number of carbonyl (C=O) groups is 1.